The number of aromatic nitrogens is 1. The predicted octanol–water partition coefficient (Wildman–Crippen LogP) is 4.12. The Morgan fingerprint density at radius 1 is 1.21 bits per heavy atom. The first-order chi connectivity index (χ1) is 9.31. The van der Waals surface area contributed by atoms with Crippen LogP contribution in [0.15, 0.2) is 34.2 Å². The maximum absolute atomic E-state index is 4.54. The van der Waals surface area contributed by atoms with Crippen LogP contribution in [0, 0.1) is 0 Å². The van der Waals surface area contributed by atoms with Gasteiger partial charge in [0, 0.05) is 24.5 Å². The summed E-state index contributed by atoms with van der Waals surface area (Å²) < 4.78 is 1.17. The van der Waals surface area contributed by atoms with Gasteiger partial charge in [-0.1, -0.05) is 0 Å². The summed E-state index contributed by atoms with van der Waals surface area (Å²) in [6.07, 6.45) is 4.50. The Kier molecular flexibility index (Phi) is 4.03. The molecule has 0 atom stereocenters. The van der Waals surface area contributed by atoms with Crippen LogP contribution in [0.5, 0.6) is 0 Å². The third kappa shape index (κ3) is 3.28. The number of hydrogen-bond donors (Lipinski definition) is 1. The van der Waals surface area contributed by atoms with Gasteiger partial charge in [0.05, 0.1) is 15.7 Å². The van der Waals surface area contributed by atoms with E-state index in [1.54, 1.807) is 11.3 Å². The molecule has 1 fully saturated rings. The second kappa shape index (κ2) is 5.92. The van der Waals surface area contributed by atoms with Gasteiger partial charge in [-0.05, 0) is 53.0 Å². The van der Waals surface area contributed by atoms with Gasteiger partial charge < -0.3 is 10.2 Å². The highest BCUT2D eigenvalue weighted by molar-refractivity contribution is 9.11. The molecular weight excluding hydrogens is 322 g/mol. The third-order valence-corrected chi connectivity index (χ3v) is 4.90. The Balaban J connectivity index is 1.59. The molecule has 5 heteroatoms. The lowest BCUT2D eigenvalue weighted by Gasteiger charge is -2.16. The average molecular weight is 338 g/mol. The first-order valence-electron chi connectivity index (χ1n) is 6.50. The Hall–Kier alpha value is -1.07. The number of rotatable bonds is 4. The van der Waals surface area contributed by atoms with Gasteiger partial charge in [0.2, 0.25) is 0 Å². The zero-order valence-electron chi connectivity index (χ0n) is 10.6. The highest BCUT2D eigenvalue weighted by Crippen LogP contribution is 2.23. The van der Waals surface area contributed by atoms with E-state index in [1.165, 1.54) is 21.5 Å². The molecule has 2 aromatic heterocycles. The molecule has 100 valence electrons. The second-order valence-corrected chi connectivity index (χ2v) is 7.21. The summed E-state index contributed by atoms with van der Waals surface area (Å²) in [5.41, 5.74) is 1.08. The Bertz CT molecular complexity index is 532. The molecule has 0 aromatic carbocycles. The van der Waals surface area contributed by atoms with E-state index in [1.807, 2.05) is 6.20 Å². The molecule has 0 saturated carbocycles. The molecule has 0 unspecified atom stereocenters. The van der Waals surface area contributed by atoms with E-state index in [2.05, 4.69) is 55.4 Å². The fraction of sp³-hybridized carbons (Fsp3) is 0.357. The monoisotopic (exact) mass is 337 g/mol. The highest BCUT2D eigenvalue weighted by Gasteiger charge is 2.12. The van der Waals surface area contributed by atoms with Crippen molar-refractivity contribution < 1.29 is 0 Å². The minimum atomic E-state index is 0.848. The van der Waals surface area contributed by atoms with Crippen LogP contribution in [-0.2, 0) is 6.54 Å². The van der Waals surface area contributed by atoms with Crippen LogP contribution >= 0.6 is 27.3 Å². The quantitative estimate of drug-likeness (QED) is 0.909. The smallest absolute Gasteiger partial charge is 0.128 e. The zero-order valence-corrected chi connectivity index (χ0v) is 13.0. The first kappa shape index (κ1) is 12.9. The van der Waals surface area contributed by atoms with Gasteiger partial charge in [-0.3, -0.25) is 0 Å². The van der Waals surface area contributed by atoms with E-state index in [-0.39, 0.29) is 0 Å². The summed E-state index contributed by atoms with van der Waals surface area (Å²) in [5, 5.41) is 3.40. The number of thiophene rings is 1. The molecule has 1 aliphatic rings. The Morgan fingerprint density at radius 3 is 2.68 bits per heavy atom. The molecule has 1 N–H and O–H groups in total. The molecule has 0 bridgehead atoms. The molecule has 2 aromatic rings. The summed E-state index contributed by atoms with van der Waals surface area (Å²) in [5.74, 6) is 1.10. The first-order valence-corrected chi connectivity index (χ1v) is 8.11. The average Bonchev–Trinajstić information content (AvgIpc) is 3.08. The summed E-state index contributed by atoms with van der Waals surface area (Å²) in [6, 6.07) is 8.44. The standard InChI is InChI=1S/C14H16BrN3S/c15-13-5-4-12(19-13)10-16-11-3-6-14(17-9-11)18-7-1-2-8-18/h3-6,9,16H,1-2,7-8,10H2. The predicted molar refractivity (Wildman–Crippen MR) is 85.0 cm³/mol. The summed E-state index contributed by atoms with van der Waals surface area (Å²) >= 11 is 5.23. The van der Waals surface area contributed by atoms with Crippen molar-refractivity contribution in [1.29, 1.82) is 0 Å². The van der Waals surface area contributed by atoms with Gasteiger partial charge in [-0.15, -0.1) is 11.3 Å². The molecular formula is C14H16BrN3S. The van der Waals surface area contributed by atoms with Crippen molar-refractivity contribution in [2.24, 2.45) is 0 Å². The molecule has 0 aliphatic carbocycles. The maximum Gasteiger partial charge on any atom is 0.128 e. The molecule has 3 heterocycles. The fourth-order valence-electron chi connectivity index (χ4n) is 2.26. The van der Waals surface area contributed by atoms with E-state index in [9.17, 15) is 0 Å². The largest absolute Gasteiger partial charge is 0.379 e. The summed E-state index contributed by atoms with van der Waals surface area (Å²) in [4.78, 5) is 8.20. The van der Waals surface area contributed by atoms with E-state index >= 15 is 0 Å². The number of nitrogens with one attached hydrogen (secondary N) is 1. The van der Waals surface area contributed by atoms with Crippen molar-refractivity contribution in [3.05, 3.63) is 39.1 Å². The molecule has 0 amide bonds. The molecule has 0 radical (unpaired) electrons. The van der Waals surface area contributed by atoms with Crippen molar-refractivity contribution in [2.45, 2.75) is 19.4 Å². The Labute approximate surface area is 125 Å². The number of pyridine rings is 1. The topological polar surface area (TPSA) is 28.2 Å². The number of nitrogens with zero attached hydrogens (tertiary/aromatic N) is 2. The van der Waals surface area contributed by atoms with Crippen LogP contribution in [0.2, 0.25) is 0 Å². The van der Waals surface area contributed by atoms with Crippen LogP contribution in [0.1, 0.15) is 17.7 Å². The summed E-state index contributed by atoms with van der Waals surface area (Å²) in [6.45, 7) is 3.13. The van der Waals surface area contributed by atoms with E-state index in [0.717, 1.165) is 31.1 Å². The van der Waals surface area contributed by atoms with Crippen molar-refractivity contribution in [2.75, 3.05) is 23.3 Å². The van der Waals surface area contributed by atoms with E-state index in [4.69, 9.17) is 0 Å². The lowest BCUT2D eigenvalue weighted by molar-refractivity contribution is 0.937. The third-order valence-electron chi connectivity index (χ3n) is 3.27. The van der Waals surface area contributed by atoms with Crippen LogP contribution < -0.4 is 10.2 Å². The second-order valence-electron chi connectivity index (χ2n) is 4.66. The van der Waals surface area contributed by atoms with Gasteiger partial charge in [0.1, 0.15) is 5.82 Å². The fourth-order valence-corrected chi connectivity index (χ4v) is 3.68. The minimum Gasteiger partial charge on any atom is -0.379 e. The number of hydrogen-bond acceptors (Lipinski definition) is 4. The van der Waals surface area contributed by atoms with Gasteiger partial charge in [0.25, 0.3) is 0 Å². The SMILES string of the molecule is Brc1ccc(CNc2ccc(N3CCCC3)nc2)s1. The lowest BCUT2D eigenvalue weighted by Crippen LogP contribution is -2.18. The van der Waals surface area contributed by atoms with Gasteiger partial charge in [-0.25, -0.2) is 4.98 Å². The lowest BCUT2D eigenvalue weighted by atomic mass is 10.3. The molecule has 3 rings (SSSR count). The van der Waals surface area contributed by atoms with Crippen molar-refractivity contribution >= 4 is 38.8 Å². The van der Waals surface area contributed by atoms with Crippen molar-refractivity contribution in [1.82, 2.24) is 4.98 Å². The van der Waals surface area contributed by atoms with E-state index < -0.39 is 0 Å². The molecule has 3 nitrogen and oxygen atoms in total. The van der Waals surface area contributed by atoms with Crippen LogP contribution in [-0.4, -0.2) is 18.1 Å². The molecule has 19 heavy (non-hydrogen) atoms. The number of halogens is 1. The van der Waals surface area contributed by atoms with Crippen LogP contribution in [0.25, 0.3) is 0 Å². The van der Waals surface area contributed by atoms with Gasteiger partial charge in [-0.2, -0.15) is 0 Å². The molecule has 1 saturated heterocycles. The number of anilines is 2. The van der Waals surface area contributed by atoms with E-state index in [0.29, 0.717) is 0 Å². The maximum atomic E-state index is 4.54. The normalized spacial score (nSPS) is 14.9. The zero-order chi connectivity index (χ0) is 13.1. The van der Waals surface area contributed by atoms with Crippen molar-refractivity contribution in [3.8, 4) is 0 Å². The van der Waals surface area contributed by atoms with Crippen LogP contribution in [0.3, 0.4) is 0 Å². The molecule has 0 spiro atoms. The molecule has 1 aliphatic heterocycles. The van der Waals surface area contributed by atoms with Gasteiger partial charge in [0.15, 0.2) is 0 Å². The van der Waals surface area contributed by atoms with Crippen molar-refractivity contribution in [3.63, 3.8) is 0 Å². The minimum absolute atomic E-state index is 0.848. The Morgan fingerprint density at radius 2 is 2.05 bits per heavy atom. The summed E-state index contributed by atoms with van der Waals surface area (Å²) in [7, 11) is 0. The van der Waals surface area contributed by atoms with Crippen LogP contribution in [0.4, 0.5) is 11.5 Å². The van der Waals surface area contributed by atoms with Gasteiger partial charge >= 0.3 is 0 Å². The highest BCUT2D eigenvalue weighted by atomic mass is 79.9.